The number of aliphatic hydroxyl groups excluding tert-OH is 1. The average molecular weight is 266 g/mol. The van der Waals surface area contributed by atoms with Gasteiger partial charge in [0.05, 0.1) is 11.1 Å². The maximum atomic E-state index is 9.88. The molecular weight excluding hydrogens is 244 g/mol. The van der Waals surface area contributed by atoms with Crippen LogP contribution in [-0.4, -0.2) is 33.7 Å². The Bertz CT molecular complexity index is 400. The van der Waals surface area contributed by atoms with Crippen LogP contribution in [0.1, 0.15) is 54.8 Å². The molecule has 0 bridgehead atoms. The first-order valence-electron chi connectivity index (χ1n) is 7.11. The zero-order chi connectivity index (χ0) is 12.5. The van der Waals surface area contributed by atoms with Crippen LogP contribution < -0.4 is 0 Å². The third kappa shape index (κ3) is 2.76. The van der Waals surface area contributed by atoms with E-state index in [1.165, 1.54) is 35.6 Å². The number of piperidine rings is 1. The van der Waals surface area contributed by atoms with Crippen molar-refractivity contribution in [3.63, 3.8) is 0 Å². The summed E-state index contributed by atoms with van der Waals surface area (Å²) in [6, 6.07) is 0.338. The van der Waals surface area contributed by atoms with Crippen molar-refractivity contribution in [1.29, 1.82) is 0 Å². The molecule has 100 valence electrons. The first-order chi connectivity index (χ1) is 8.74. The van der Waals surface area contributed by atoms with Crippen LogP contribution in [0.5, 0.6) is 0 Å². The molecule has 2 aliphatic rings. The Morgan fingerprint density at radius 3 is 3.00 bits per heavy atom. The molecule has 2 atom stereocenters. The highest BCUT2D eigenvalue weighted by molar-refractivity contribution is 7.11. The highest BCUT2D eigenvalue weighted by atomic mass is 32.1. The van der Waals surface area contributed by atoms with Gasteiger partial charge in [-0.3, -0.25) is 4.90 Å². The van der Waals surface area contributed by atoms with E-state index in [9.17, 15) is 5.11 Å². The predicted molar refractivity (Wildman–Crippen MR) is 73.8 cm³/mol. The molecular formula is C14H22N2OS. The normalized spacial score (nSPS) is 27.3. The minimum atomic E-state index is -0.221. The van der Waals surface area contributed by atoms with Crippen molar-refractivity contribution < 1.29 is 5.11 Å². The summed E-state index contributed by atoms with van der Waals surface area (Å²) < 4.78 is 0. The molecule has 0 aromatic carbocycles. The molecule has 2 heterocycles. The van der Waals surface area contributed by atoms with Gasteiger partial charge in [-0.2, -0.15) is 0 Å². The first kappa shape index (κ1) is 12.6. The van der Waals surface area contributed by atoms with Gasteiger partial charge in [0, 0.05) is 29.6 Å². The van der Waals surface area contributed by atoms with Gasteiger partial charge in [0.25, 0.3) is 0 Å². The molecule has 18 heavy (non-hydrogen) atoms. The molecule has 2 fully saturated rings. The smallest absolute Gasteiger partial charge is 0.0959 e. The monoisotopic (exact) mass is 266 g/mol. The Kier molecular flexibility index (Phi) is 3.68. The van der Waals surface area contributed by atoms with Crippen molar-refractivity contribution in [3.8, 4) is 0 Å². The van der Waals surface area contributed by atoms with Crippen molar-refractivity contribution in [2.45, 2.75) is 63.6 Å². The molecule has 1 saturated carbocycles. The van der Waals surface area contributed by atoms with Crippen LogP contribution in [0, 0.1) is 0 Å². The van der Waals surface area contributed by atoms with Gasteiger partial charge < -0.3 is 5.11 Å². The van der Waals surface area contributed by atoms with Gasteiger partial charge >= 0.3 is 0 Å². The quantitative estimate of drug-likeness (QED) is 0.910. The number of aliphatic hydroxyl groups is 1. The maximum Gasteiger partial charge on any atom is 0.0959 e. The van der Waals surface area contributed by atoms with Crippen LogP contribution >= 0.6 is 11.3 Å². The van der Waals surface area contributed by atoms with Crippen molar-refractivity contribution in [2.75, 3.05) is 6.54 Å². The predicted octanol–water partition coefficient (Wildman–Crippen LogP) is 2.76. The molecule has 1 N–H and O–H groups in total. The van der Waals surface area contributed by atoms with E-state index < -0.39 is 0 Å². The average Bonchev–Trinajstić information content (AvgIpc) is 3.11. The lowest BCUT2D eigenvalue weighted by Gasteiger charge is -2.37. The fourth-order valence-electron chi connectivity index (χ4n) is 2.87. The molecule has 2 unspecified atom stereocenters. The summed E-state index contributed by atoms with van der Waals surface area (Å²) >= 11 is 1.88. The molecule has 3 rings (SSSR count). The van der Waals surface area contributed by atoms with Crippen LogP contribution in [0.25, 0.3) is 0 Å². The standard InChI is InChI=1S/C14H22N2OS/c1-10(17)13-4-2-3-7-16(13)9-12-8-15-14(18-12)11-5-6-11/h8,10-11,13,17H,2-7,9H2,1H3. The van der Waals surface area contributed by atoms with Crippen molar-refractivity contribution in [2.24, 2.45) is 0 Å². The van der Waals surface area contributed by atoms with Gasteiger partial charge in [-0.15, -0.1) is 11.3 Å². The fourth-order valence-corrected chi connectivity index (χ4v) is 3.99. The van der Waals surface area contributed by atoms with E-state index in [2.05, 4.69) is 9.88 Å². The zero-order valence-corrected chi connectivity index (χ0v) is 11.8. The summed E-state index contributed by atoms with van der Waals surface area (Å²) in [4.78, 5) is 8.35. The Labute approximate surface area is 113 Å². The lowest BCUT2D eigenvalue weighted by atomic mass is 9.98. The lowest BCUT2D eigenvalue weighted by Crippen LogP contribution is -2.45. The van der Waals surface area contributed by atoms with Crippen molar-refractivity contribution in [1.82, 2.24) is 9.88 Å². The SMILES string of the molecule is CC(O)C1CCCCN1Cc1cnc(C2CC2)s1. The maximum absolute atomic E-state index is 9.88. The fraction of sp³-hybridized carbons (Fsp3) is 0.786. The summed E-state index contributed by atoms with van der Waals surface area (Å²) in [5.41, 5.74) is 0. The summed E-state index contributed by atoms with van der Waals surface area (Å²) in [6.45, 7) is 4.01. The number of rotatable bonds is 4. The van der Waals surface area contributed by atoms with Crippen molar-refractivity contribution >= 4 is 11.3 Å². The number of hydrogen-bond donors (Lipinski definition) is 1. The Balaban J connectivity index is 1.65. The van der Waals surface area contributed by atoms with Gasteiger partial charge in [0.1, 0.15) is 0 Å². The summed E-state index contributed by atoms with van der Waals surface area (Å²) in [5.74, 6) is 0.762. The summed E-state index contributed by atoms with van der Waals surface area (Å²) in [5, 5.41) is 11.2. The minimum absolute atomic E-state index is 0.221. The molecule has 1 aromatic rings. The van der Waals surface area contributed by atoms with Gasteiger partial charge in [0.15, 0.2) is 0 Å². The number of hydrogen-bond acceptors (Lipinski definition) is 4. The van der Waals surface area contributed by atoms with Gasteiger partial charge in [0.2, 0.25) is 0 Å². The van der Waals surface area contributed by atoms with Gasteiger partial charge in [-0.1, -0.05) is 6.42 Å². The van der Waals surface area contributed by atoms with Gasteiger partial charge in [-0.25, -0.2) is 4.98 Å². The van der Waals surface area contributed by atoms with Crippen LogP contribution in [0.2, 0.25) is 0 Å². The Hall–Kier alpha value is -0.450. The van der Waals surface area contributed by atoms with E-state index in [-0.39, 0.29) is 6.10 Å². The summed E-state index contributed by atoms with van der Waals surface area (Å²) in [7, 11) is 0. The molecule has 0 amide bonds. The van der Waals surface area contributed by atoms with E-state index in [4.69, 9.17) is 0 Å². The highest BCUT2D eigenvalue weighted by Gasteiger charge is 2.29. The second-order valence-electron chi connectivity index (χ2n) is 5.71. The Morgan fingerprint density at radius 2 is 2.28 bits per heavy atom. The molecule has 1 aromatic heterocycles. The molecule has 1 aliphatic carbocycles. The molecule has 0 radical (unpaired) electrons. The second kappa shape index (κ2) is 5.27. The molecule has 0 spiro atoms. The molecule has 3 nitrogen and oxygen atoms in total. The van der Waals surface area contributed by atoms with Crippen LogP contribution in [0.4, 0.5) is 0 Å². The number of aromatic nitrogens is 1. The van der Waals surface area contributed by atoms with Gasteiger partial charge in [-0.05, 0) is 39.2 Å². The third-order valence-corrected chi connectivity index (χ3v) is 5.22. The number of nitrogens with zero attached hydrogens (tertiary/aromatic N) is 2. The van der Waals surface area contributed by atoms with Crippen LogP contribution in [0.15, 0.2) is 6.20 Å². The zero-order valence-electron chi connectivity index (χ0n) is 11.0. The lowest BCUT2D eigenvalue weighted by molar-refractivity contribution is 0.0322. The van der Waals surface area contributed by atoms with E-state index in [1.807, 2.05) is 24.5 Å². The largest absolute Gasteiger partial charge is 0.392 e. The molecule has 4 heteroatoms. The summed E-state index contributed by atoms with van der Waals surface area (Å²) in [6.07, 6.45) is 8.12. The Morgan fingerprint density at radius 1 is 1.44 bits per heavy atom. The molecule has 1 saturated heterocycles. The first-order valence-corrected chi connectivity index (χ1v) is 7.92. The van der Waals surface area contributed by atoms with Crippen LogP contribution in [-0.2, 0) is 6.54 Å². The highest BCUT2D eigenvalue weighted by Crippen LogP contribution is 2.42. The number of thiazole rings is 1. The number of likely N-dealkylation sites (tertiary alicyclic amines) is 1. The van der Waals surface area contributed by atoms with E-state index >= 15 is 0 Å². The van der Waals surface area contributed by atoms with Crippen LogP contribution in [0.3, 0.4) is 0 Å². The van der Waals surface area contributed by atoms with E-state index in [0.717, 1.165) is 25.4 Å². The minimum Gasteiger partial charge on any atom is -0.392 e. The topological polar surface area (TPSA) is 36.4 Å². The molecule has 1 aliphatic heterocycles. The second-order valence-corrected chi connectivity index (χ2v) is 6.86. The third-order valence-electron chi connectivity index (χ3n) is 4.08. The van der Waals surface area contributed by atoms with E-state index in [1.54, 1.807) is 0 Å². The van der Waals surface area contributed by atoms with Crippen molar-refractivity contribution in [3.05, 3.63) is 16.1 Å². The van der Waals surface area contributed by atoms with E-state index in [0.29, 0.717) is 6.04 Å².